The van der Waals surface area contributed by atoms with E-state index in [9.17, 15) is 4.79 Å². The van der Waals surface area contributed by atoms with Gasteiger partial charge in [0.25, 0.3) is 11.3 Å². The highest BCUT2D eigenvalue weighted by molar-refractivity contribution is 5.31. The van der Waals surface area contributed by atoms with Crippen LogP contribution in [0.15, 0.2) is 10.9 Å². The van der Waals surface area contributed by atoms with Gasteiger partial charge in [0.15, 0.2) is 0 Å². The fourth-order valence-corrected chi connectivity index (χ4v) is 2.35. The van der Waals surface area contributed by atoms with Gasteiger partial charge in [-0.3, -0.25) is 9.89 Å². The molecule has 1 aliphatic heterocycles. The Labute approximate surface area is 111 Å². The zero-order chi connectivity index (χ0) is 13.6. The second-order valence-electron chi connectivity index (χ2n) is 6.17. The molecular weight excluding hydrogens is 242 g/mol. The van der Waals surface area contributed by atoms with Gasteiger partial charge in [-0.25, -0.2) is 4.98 Å². The molecule has 1 aliphatic rings. The fourth-order valence-electron chi connectivity index (χ4n) is 2.35. The maximum Gasteiger partial charge on any atom is 0.274 e. The van der Waals surface area contributed by atoms with Crippen molar-refractivity contribution in [1.82, 2.24) is 24.9 Å². The molecule has 19 heavy (non-hydrogen) atoms. The standard InChI is InChI=1S/C13H19N5O/c1-13(2,3)11-16-12-15-9(8-4-5-14-7-8)6-10(19)18(12)17-11/h6,8,14H,4-5,7H2,1-3H3,(H,15,16,17). The summed E-state index contributed by atoms with van der Waals surface area (Å²) < 4.78 is 1.42. The molecule has 0 aliphatic carbocycles. The van der Waals surface area contributed by atoms with Crippen molar-refractivity contribution in [2.75, 3.05) is 13.1 Å². The molecule has 2 aromatic rings. The Morgan fingerprint density at radius 2 is 2.16 bits per heavy atom. The molecule has 1 saturated heterocycles. The van der Waals surface area contributed by atoms with Gasteiger partial charge in [0.2, 0.25) is 0 Å². The minimum atomic E-state index is -0.130. The number of hydrogen-bond donors (Lipinski definition) is 2. The summed E-state index contributed by atoms with van der Waals surface area (Å²) in [6, 6.07) is 1.62. The van der Waals surface area contributed by atoms with Gasteiger partial charge in [0.1, 0.15) is 5.82 Å². The van der Waals surface area contributed by atoms with E-state index in [2.05, 4.69) is 41.2 Å². The molecule has 0 bridgehead atoms. The largest absolute Gasteiger partial charge is 0.316 e. The normalized spacial score (nSPS) is 20.3. The van der Waals surface area contributed by atoms with Gasteiger partial charge in [-0.1, -0.05) is 20.8 Å². The van der Waals surface area contributed by atoms with E-state index in [4.69, 9.17) is 0 Å². The number of nitrogens with one attached hydrogen (secondary N) is 2. The maximum atomic E-state index is 12.1. The third-order valence-electron chi connectivity index (χ3n) is 3.54. The molecule has 2 aromatic heterocycles. The number of aromatic amines is 1. The molecular formula is C13H19N5O. The average Bonchev–Trinajstić information content (AvgIpc) is 2.96. The number of rotatable bonds is 1. The minimum absolute atomic E-state index is 0.0881. The van der Waals surface area contributed by atoms with Crippen LogP contribution in [-0.2, 0) is 5.41 Å². The lowest BCUT2D eigenvalue weighted by atomic mass is 9.96. The van der Waals surface area contributed by atoms with E-state index >= 15 is 0 Å². The fraction of sp³-hybridized carbons (Fsp3) is 0.615. The van der Waals surface area contributed by atoms with E-state index in [1.165, 1.54) is 4.52 Å². The maximum absolute atomic E-state index is 12.1. The lowest BCUT2D eigenvalue weighted by molar-refractivity contribution is 0.544. The van der Waals surface area contributed by atoms with Crippen molar-refractivity contribution in [3.8, 4) is 0 Å². The highest BCUT2D eigenvalue weighted by Crippen LogP contribution is 2.21. The summed E-state index contributed by atoms with van der Waals surface area (Å²) in [6.45, 7) is 8.03. The molecule has 3 heterocycles. The van der Waals surface area contributed by atoms with E-state index < -0.39 is 0 Å². The molecule has 0 amide bonds. The number of nitrogens with zero attached hydrogens (tertiary/aromatic N) is 3. The molecule has 0 radical (unpaired) electrons. The van der Waals surface area contributed by atoms with Crippen molar-refractivity contribution in [2.24, 2.45) is 0 Å². The molecule has 0 spiro atoms. The number of aromatic nitrogens is 4. The van der Waals surface area contributed by atoms with E-state index in [1.54, 1.807) is 6.07 Å². The Hall–Kier alpha value is -1.69. The first-order valence-electron chi connectivity index (χ1n) is 6.66. The van der Waals surface area contributed by atoms with Gasteiger partial charge in [-0.15, -0.1) is 0 Å². The summed E-state index contributed by atoms with van der Waals surface area (Å²) in [5, 5.41) is 6.33. The molecule has 0 saturated carbocycles. The summed E-state index contributed by atoms with van der Waals surface area (Å²) in [6.07, 6.45) is 1.03. The first-order valence-corrected chi connectivity index (χ1v) is 6.66. The third kappa shape index (κ3) is 2.16. The summed E-state index contributed by atoms with van der Waals surface area (Å²) in [7, 11) is 0. The van der Waals surface area contributed by atoms with Crippen molar-refractivity contribution in [3.63, 3.8) is 0 Å². The lowest BCUT2D eigenvalue weighted by Gasteiger charge is -2.12. The van der Waals surface area contributed by atoms with Gasteiger partial charge >= 0.3 is 0 Å². The van der Waals surface area contributed by atoms with Crippen LogP contribution in [0.3, 0.4) is 0 Å². The molecule has 6 heteroatoms. The zero-order valence-electron chi connectivity index (χ0n) is 11.5. The van der Waals surface area contributed by atoms with Crippen LogP contribution in [0.2, 0.25) is 0 Å². The van der Waals surface area contributed by atoms with Crippen LogP contribution in [-0.4, -0.2) is 32.7 Å². The zero-order valence-corrected chi connectivity index (χ0v) is 11.5. The van der Waals surface area contributed by atoms with Crippen molar-refractivity contribution in [1.29, 1.82) is 0 Å². The summed E-state index contributed by atoms with van der Waals surface area (Å²) in [4.78, 5) is 21.1. The highest BCUT2D eigenvalue weighted by Gasteiger charge is 2.22. The van der Waals surface area contributed by atoms with E-state index in [0.717, 1.165) is 31.0 Å². The van der Waals surface area contributed by atoms with Crippen molar-refractivity contribution >= 4 is 5.78 Å². The Morgan fingerprint density at radius 3 is 2.79 bits per heavy atom. The van der Waals surface area contributed by atoms with Crippen molar-refractivity contribution in [2.45, 2.75) is 38.5 Å². The summed E-state index contributed by atoms with van der Waals surface area (Å²) >= 11 is 0. The van der Waals surface area contributed by atoms with Gasteiger partial charge in [-0.2, -0.15) is 9.50 Å². The average molecular weight is 261 g/mol. The van der Waals surface area contributed by atoms with Gasteiger partial charge in [0, 0.05) is 23.9 Å². The molecule has 0 aromatic carbocycles. The second-order valence-corrected chi connectivity index (χ2v) is 6.17. The summed E-state index contributed by atoms with van der Waals surface area (Å²) in [5.74, 6) is 1.57. The van der Waals surface area contributed by atoms with Crippen molar-refractivity contribution in [3.05, 3.63) is 27.9 Å². The first kappa shape index (κ1) is 12.3. The lowest BCUT2D eigenvalue weighted by Crippen LogP contribution is -2.19. The predicted octanol–water partition coefficient (Wildman–Crippen LogP) is 0.792. The predicted molar refractivity (Wildman–Crippen MR) is 72.5 cm³/mol. The monoisotopic (exact) mass is 261 g/mol. The Bertz CT molecular complexity index is 658. The third-order valence-corrected chi connectivity index (χ3v) is 3.54. The molecule has 6 nitrogen and oxygen atoms in total. The van der Waals surface area contributed by atoms with Gasteiger partial charge < -0.3 is 5.32 Å². The molecule has 1 fully saturated rings. The van der Waals surface area contributed by atoms with Crippen molar-refractivity contribution < 1.29 is 0 Å². The molecule has 3 rings (SSSR count). The number of H-pyrrole nitrogens is 1. The molecule has 102 valence electrons. The number of hydrogen-bond acceptors (Lipinski definition) is 4. The molecule has 1 atom stereocenters. The van der Waals surface area contributed by atoms with E-state index in [0.29, 0.717) is 11.7 Å². The highest BCUT2D eigenvalue weighted by atomic mass is 16.1. The van der Waals surface area contributed by atoms with Crippen LogP contribution in [0.4, 0.5) is 0 Å². The van der Waals surface area contributed by atoms with Crippen LogP contribution in [0, 0.1) is 0 Å². The Morgan fingerprint density at radius 1 is 1.37 bits per heavy atom. The molecule has 2 N–H and O–H groups in total. The Balaban J connectivity index is 2.12. The topological polar surface area (TPSA) is 75.1 Å². The van der Waals surface area contributed by atoms with E-state index in [-0.39, 0.29) is 11.0 Å². The van der Waals surface area contributed by atoms with Gasteiger partial charge in [-0.05, 0) is 13.0 Å². The van der Waals surface area contributed by atoms with Gasteiger partial charge in [0.05, 0.1) is 5.69 Å². The van der Waals surface area contributed by atoms with Crippen LogP contribution in [0.25, 0.3) is 5.78 Å². The number of fused-ring (bicyclic) bond motifs is 1. The first-order chi connectivity index (χ1) is 8.95. The smallest absolute Gasteiger partial charge is 0.274 e. The van der Waals surface area contributed by atoms with Crippen LogP contribution < -0.4 is 10.9 Å². The van der Waals surface area contributed by atoms with Crippen LogP contribution in [0.1, 0.15) is 44.6 Å². The van der Waals surface area contributed by atoms with Crippen LogP contribution >= 0.6 is 0 Å². The summed E-state index contributed by atoms with van der Waals surface area (Å²) in [5.41, 5.74) is 0.631. The quantitative estimate of drug-likeness (QED) is 0.796. The van der Waals surface area contributed by atoms with E-state index in [1.807, 2.05) is 0 Å². The second kappa shape index (κ2) is 4.16. The van der Waals surface area contributed by atoms with Crippen LogP contribution in [0.5, 0.6) is 0 Å². The molecule has 1 unspecified atom stereocenters. The SMILES string of the molecule is CC(C)(C)c1nc2nc(C3CCNC3)cc(=O)n2[nH]1. The minimum Gasteiger partial charge on any atom is -0.316 e. The Kier molecular flexibility index (Phi) is 2.70.